The average molecular weight is 665 g/mol. The standard InChI is InChI=1S/C32H30N6O8.K/c1-3-42-30-34-26-10-6-9-25(29(39)44-19-45-32(41)43-17-22-16-37(2)18-33-22)27(26)38(30)15-20-11-13-21(14-12-20)23-7-4-5-8-24(23)28-35-31(40)46-36-28;/h4-14,16,33H,3,15,17-19H2,1-2H3,(H,35,36,40);/q;+1/p-1. The molecule has 0 unspecified atom stereocenters. The molecule has 2 aromatic heterocycles. The fourth-order valence-corrected chi connectivity index (χ4v) is 5.00. The number of fused-ring (bicyclic) bond motifs is 1. The largest absolute Gasteiger partial charge is 1.00 e. The number of nitrogens with one attached hydrogen (secondary N) is 1. The van der Waals surface area contributed by atoms with Crippen LogP contribution >= 0.6 is 0 Å². The molecule has 0 amide bonds. The first-order valence-corrected chi connectivity index (χ1v) is 14.3. The quantitative estimate of drug-likeness (QED) is 0.120. The van der Waals surface area contributed by atoms with E-state index in [0.29, 0.717) is 42.4 Å². The number of carbonyl (C=O) groups excluding carboxylic acids is 2. The molecule has 236 valence electrons. The first-order valence-electron chi connectivity index (χ1n) is 14.3. The van der Waals surface area contributed by atoms with Crippen molar-refractivity contribution >= 4 is 23.2 Å². The summed E-state index contributed by atoms with van der Waals surface area (Å²) in [5.41, 5.74) is 5.25. The van der Waals surface area contributed by atoms with Crippen LogP contribution in [0.5, 0.6) is 6.01 Å². The Kier molecular flexibility index (Phi) is 11.2. The number of rotatable bonds is 11. The first kappa shape index (κ1) is 33.9. The van der Waals surface area contributed by atoms with Gasteiger partial charge in [0.2, 0.25) is 6.79 Å². The van der Waals surface area contributed by atoms with E-state index in [0.717, 1.165) is 22.4 Å². The van der Waals surface area contributed by atoms with Gasteiger partial charge in [-0.05, 0) is 47.1 Å². The average Bonchev–Trinajstić information content (AvgIpc) is 3.79. The second-order valence-electron chi connectivity index (χ2n) is 10.2. The monoisotopic (exact) mass is 664 g/mol. The molecule has 0 fully saturated rings. The molecule has 6 rings (SSSR count). The normalized spacial score (nSPS) is 12.2. The van der Waals surface area contributed by atoms with Gasteiger partial charge >= 0.3 is 69.3 Å². The van der Waals surface area contributed by atoms with Crippen LogP contribution in [0.1, 0.15) is 22.8 Å². The molecule has 0 spiro atoms. The Morgan fingerprint density at radius 3 is 2.49 bits per heavy atom. The van der Waals surface area contributed by atoms with E-state index in [9.17, 15) is 14.4 Å². The van der Waals surface area contributed by atoms with Crippen molar-refractivity contribution in [1.29, 1.82) is 0 Å². The van der Waals surface area contributed by atoms with Crippen LogP contribution in [0.4, 0.5) is 4.79 Å². The third-order valence-electron chi connectivity index (χ3n) is 7.05. The molecule has 5 aromatic rings. The molecule has 3 aromatic carbocycles. The van der Waals surface area contributed by atoms with Crippen LogP contribution in [-0.4, -0.2) is 65.5 Å². The maximum absolute atomic E-state index is 13.2. The summed E-state index contributed by atoms with van der Waals surface area (Å²) in [5.74, 6) is -1.25. The van der Waals surface area contributed by atoms with Gasteiger partial charge in [0.05, 0.1) is 42.1 Å². The number of aromatic nitrogens is 4. The molecule has 0 saturated carbocycles. The van der Waals surface area contributed by atoms with Gasteiger partial charge in [0, 0.05) is 13.2 Å². The van der Waals surface area contributed by atoms with Crippen LogP contribution in [0.15, 0.2) is 87.9 Å². The van der Waals surface area contributed by atoms with Crippen molar-refractivity contribution in [3.63, 3.8) is 0 Å². The Hall–Kier alpha value is -4.41. The van der Waals surface area contributed by atoms with Gasteiger partial charge in [0.1, 0.15) is 6.61 Å². The fourth-order valence-electron chi connectivity index (χ4n) is 5.00. The molecule has 15 heteroatoms. The van der Waals surface area contributed by atoms with Crippen molar-refractivity contribution in [3.8, 4) is 28.5 Å². The zero-order valence-corrected chi connectivity index (χ0v) is 29.1. The van der Waals surface area contributed by atoms with Crippen LogP contribution in [0.25, 0.3) is 33.5 Å². The third kappa shape index (κ3) is 7.94. The van der Waals surface area contributed by atoms with Crippen molar-refractivity contribution < 1.29 is 84.4 Å². The summed E-state index contributed by atoms with van der Waals surface area (Å²) < 4.78 is 27.5. The van der Waals surface area contributed by atoms with Crippen LogP contribution in [-0.2, 0) is 20.8 Å². The molecular formula is C32H29KN6O8. The Morgan fingerprint density at radius 1 is 1.00 bits per heavy atom. The summed E-state index contributed by atoms with van der Waals surface area (Å²) in [6.07, 6.45) is 0.843. The molecule has 47 heavy (non-hydrogen) atoms. The van der Waals surface area contributed by atoms with Gasteiger partial charge in [-0.2, -0.15) is 4.98 Å². The molecule has 0 aliphatic carbocycles. The zero-order valence-electron chi connectivity index (χ0n) is 26.0. The smallest absolute Gasteiger partial charge is 0.465 e. The predicted molar refractivity (Wildman–Crippen MR) is 164 cm³/mol. The maximum atomic E-state index is 13.2. The molecule has 0 atom stereocenters. The van der Waals surface area contributed by atoms with E-state index in [-0.39, 0.29) is 69.4 Å². The summed E-state index contributed by atoms with van der Waals surface area (Å²) >= 11 is 0. The number of para-hydroxylation sites is 1. The van der Waals surface area contributed by atoms with Gasteiger partial charge in [-0.3, -0.25) is 9.72 Å². The number of esters is 1. The van der Waals surface area contributed by atoms with E-state index < -0.39 is 24.7 Å². The molecule has 1 aliphatic heterocycles. The predicted octanol–water partition coefficient (Wildman–Crippen LogP) is 0.728. The first-order chi connectivity index (χ1) is 22.4. The van der Waals surface area contributed by atoms with Crippen LogP contribution in [0.2, 0.25) is 0 Å². The van der Waals surface area contributed by atoms with Crippen molar-refractivity contribution in [1.82, 2.24) is 29.9 Å². The summed E-state index contributed by atoms with van der Waals surface area (Å²) in [5, 5.41) is 6.83. The molecule has 0 saturated heterocycles. The molecular weight excluding hydrogens is 635 g/mol. The molecule has 1 N–H and O–H groups in total. The summed E-state index contributed by atoms with van der Waals surface area (Å²) in [4.78, 5) is 47.0. The number of nitrogens with zero attached hydrogens (tertiary/aromatic N) is 5. The van der Waals surface area contributed by atoms with Crippen molar-refractivity contribution in [2.24, 2.45) is 0 Å². The number of ether oxygens (including phenoxy) is 4. The van der Waals surface area contributed by atoms with Crippen LogP contribution < -0.4 is 72.2 Å². The Bertz CT molecular complexity index is 1970. The van der Waals surface area contributed by atoms with Gasteiger partial charge in [-0.25, -0.2) is 14.4 Å². The summed E-state index contributed by atoms with van der Waals surface area (Å²) in [7, 11) is 1.88. The minimum Gasteiger partial charge on any atom is -0.465 e. The summed E-state index contributed by atoms with van der Waals surface area (Å²) in [6.45, 7) is 2.52. The number of hydrogen-bond acceptors (Lipinski definition) is 12. The minimum absolute atomic E-state index is 0. The van der Waals surface area contributed by atoms with Gasteiger partial charge in [-0.15, -0.1) is 0 Å². The van der Waals surface area contributed by atoms with E-state index in [1.54, 1.807) is 22.8 Å². The van der Waals surface area contributed by atoms with Gasteiger partial charge in [-0.1, -0.05) is 54.6 Å². The van der Waals surface area contributed by atoms with Crippen molar-refractivity contribution in [2.45, 2.75) is 13.5 Å². The Labute approximate surface area is 311 Å². The molecule has 1 aliphatic rings. The molecule has 14 nitrogen and oxygen atoms in total. The number of carbonyl (C=O) groups is 2. The molecule has 0 bridgehead atoms. The minimum atomic E-state index is -0.967. The molecule has 3 heterocycles. The van der Waals surface area contributed by atoms with E-state index in [4.69, 9.17) is 18.9 Å². The number of hydrogen-bond donors (Lipinski definition) is 1. The van der Waals surface area contributed by atoms with Crippen LogP contribution in [0.3, 0.4) is 0 Å². The van der Waals surface area contributed by atoms with Gasteiger partial charge in [0.25, 0.3) is 6.01 Å². The molecule has 0 radical (unpaired) electrons. The van der Waals surface area contributed by atoms with Gasteiger partial charge in [0.15, 0.2) is 0 Å². The van der Waals surface area contributed by atoms with Crippen molar-refractivity contribution in [2.75, 3.05) is 33.7 Å². The zero-order chi connectivity index (χ0) is 32.0. The van der Waals surface area contributed by atoms with E-state index in [1.165, 1.54) is 0 Å². The third-order valence-corrected chi connectivity index (χ3v) is 7.05. The number of imidazole rings is 1. The number of benzene rings is 3. The fraction of sp³-hybridized carbons (Fsp3) is 0.219. The Balaban J connectivity index is 0.00000433. The topological polar surface area (TPSA) is 161 Å². The van der Waals surface area contributed by atoms with Crippen LogP contribution in [0, 0.1) is 0 Å². The van der Waals surface area contributed by atoms with E-state index in [1.807, 2.05) is 73.6 Å². The second kappa shape index (κ2) is 15.5. The maximum Gasteiger partial charge on any atom is 1.00 e. The summed E-state index contributed by atoms with van der Waals surface area (Å²) in [6, 6.07) is 20.6. The van der Waals surface area contributed by atoms with Gasteiger partial charge < -0.3 is 38.7 Å². The SMILES string of the molecule is CCOc1nc2cccc(C(=O)OCOC(=O)OCC3=CN(C)CN3)c2n1Cc1ccc(-c2ccccc2-c2noc(=O)[n-]2)cc1.[K+]. The van der Waals surface area contributed by atoms with Crippen molar-refractivity contribution in [3.05, 3.63) is 100 Å². The van der Waals surface area contributed by atoms with E-state index in [2.05, 4.69) is 25.0 Å². The second-order valence-corrected chi connectivity index (χ2v) is 10.2. The Morgan fingerprint density at radius 2 is 1.79 bits per heavy atom. The van der Waals surface area contributed by atoms with E-state index >= 15 is 0 Å².